The Morgan fingerprint density at radius 1 is 1.64 bits per heavy atom. The molecule has 2 heterocycles. The molecule has 2 rings (SSSR count). The Morgan fingerprint density at radius 3 is 3.21 bits per heavy atom. The van der Waals surface area contributed by atoms with Crippen molar-refractivity contribution in [2.75, 3.05) is 19.8 Å². The van der Waals surface area contributed by atoms with Gasteiger partial charge in [0.2, 0.25) is 0 Å². The van der Waals surface area contributed by atoms with Crippen molar-refractivity contribution in [3.05, 3.63) is 21.9 Å². The smallest absolute Gasteiger partial charge is 0.0507 e. The predicted octanol–water partition coefficient (Wildman–Crippen LogP) is 2.18. The van der Waals surface area contributed by atoms with Crippen LogP contribution in [0.5, 0.6) is 0 Å². The normalized spacial score (nSPS) is 21.6. The number of thiophene rings is 1. The second kappa shape index (κ2) is 4.91. The van der Waals surface area contributed by atoms with Crippen molar-refractivity contribution >= 4 is 11.3 Å². The molecule has 1 atom stereocenters. The van der Waals surface area contributed by atoms with Crippen molar-refractivity contribution < 1.29 is 4.74 Å². The third kappa shape index (κ3) is 2.56. The fourth-order valence-electron chi connectivity index (χ4n) is 1.72. The zero-order valence-electron chi connectivity index (χ0n) is 8.58. The van der Waals surface area contributed by atoms with E-state index in [1.165, 1.54) is 16.9 Å². The molecule has 1 aromatic heterocycles. The molecule has 0 radical (unpaired) electrons. The van der Waals surface area contributed by atoms with Crippen LogP contribution in [0.4, 0.5) is 0 Å². The largest absolute Gasteiger partial charge is 0.381 e. The Morgan fingerprint density at radius 2 is 2.57 bits per heavy atom. The van der Waals surface area contributed by atoms with Crippen LogP contribution in [0.25, 0.3) is 0 Å². The third-order valence-electron chi connectivity index (χ3n) is 2.71. The maximum atomic E-state index is 5.33. The van der Waals surface area contributed by atoms with Crippen molar-refractivity contribution in [1.29, 1.82) is 0 Å². The van der Waals surface area contributed by atoms with Gasteiger partial charge in [-0.25, -0.2) is 0 Å². The molecule has 14 heavy (non-hydrogen) atoms. The lowest BCUT2D eigenvalue weighted by atomic mass is 10.1. The summed E-state index contributed by atoms with van der Waals surface area (Å²) in [7, 11) is 0. The molecule has 78 valence electrons. The van der Waals surface area contributed by atoms with E-state index in [0.717, 1.165) is 32.2 Å². The quantitative estimate of drug-likeness (QED) is 0.824. The van der Waals surface area contributed by atoms with E-state index >= 15 is 0 Å². The number of hydrogen-bond donors (Lipinski definition) is 1. The highest BCUT2D eigenvalue weighted by Gasteiger charge is 2.14. The SMILES string of the molecule is Cc1ccsc1CNCC1CCOC1. The van der Waals surface area contributed by atoms with Crippen molar-refractivity contribution in [2.24, 2.45) is 5.92 Å². The van der Waals surface area contributed by atoms with Gasteiger partial charge in [0.25, 0.3) is 0 Å². The molecular weight excluding hydrogens is 194 g/mol. The second-order valence-electron chi connectivity index (χ2n) is 3.89. The number of hydrogen-bond acceptors (Lipinski definition) is 3. The molecular formula is C11H17NOS. The van der Waals surface area contributed by atoms with Gasteiger partial charge in [-0.1, -0.05) is 0 Å². The van der Waals surface area contributed by atoms with Crippen LogP contribution in [-0.4, -0.2) is 19.8 Å². The Balaban J connectivity index is 1.70. The summed E-state index contributed by atoms with van der Waals surface area (Å²) in [6, 6.07) is 2.18. The predicted molar refractivity (Wildman–Crippen MR) is 59.7 cm³/mol. The van der Waals surface area contributed by atoms with Gasteiger partial charge >= 0.3 is 0 Å². The van der Waals surface area contributed by atoms with Gasteiger partial charge in [0.15, 0.2) is 0 Å². The summed E-state index contributed by atoms with van der Waals surface area (Å²) in [5.41, 5.74) is 1.41. The maximum Gasteiger partial charge on any atom is 0.0507 e. The zero-order valence-corrected chi connectivity index (χ0v) is 9.40. The van der Waals surface area contributed by atoms with Crippen molar-refractivity contribution in [3.63, 3.8) is 0 Å². The van der Waals surface area contributed by atoms with Gasteiger partial charge < -0.3 is 10.1 Å². The van der Waals surface area contributed by atoms with Gasteiger partial charge in [-0.05, 0) is 36.3 Å². The lowest BCUT2D eigenvalue weighted by Crippen LogP contribution is -2.22. The highest BCUT2D eigenvalue weighted by Crippen LogP contribution is 2.15. The van der Waals surface area contributed by atoms with Gasteiger partial charge in [0.05, 0.1) is 6.61 Å². The summed E-state index contributed by atoms with van der Waals surface area (Å²) in [5, 5.41) is 5.66. The van der Waals surface area contributed by atoms with Gasteiger partial charge in [0, 0.05) is 24.6 Å². The lowest BCUT2D eigenvalue weighted by Gasteiger charge is -2.08. The molecule has 1 aromatic rings. The first kappa shape index (κ1) is 10.1. The summed E-state index contributed by atoms with van der Waals surface area (Å²) in [5.74, 6) is 0.732. The van der Waals surface area contributed by atoms with E-state index in [1.807, 2.05) is 11.3 Å². The number of nitrogens with one attached hydrogen (secondary N) is 1. The average Bonchev–Trinajstić information content (AvgIpc) is 2.78. The first-order valence-electron chi connectivity index (χ1n) is 5.17. The highest BCUT2D eigenvalue weighted by molar-refractivity contribution is 7.10. The molecule has 1 aliphatic heterocycles. The summed E-state index contributed by atoms with van der Waals surface area (Å²) in [4.78, 5) is 1.46. The fraction of sp³-hybridized carbons (Fsp3) is 0.636. The number of aryl methyl sites for hydroxylation is 1. The molecule has 0 saturated carbocycles. The van der Waals surface area contributed by atoms with Crippen molar-refractivity contribution in [1.82, 2.24) is 5.32 Å². The molecule has 1 N–H and O–H groups in total. The van der Waals surface area contributed by atoms with Gasteiger partial charge in [-0.2, -0.15) is 0 Å². The van der Waals surface area contributed by atoms with Crippen LogP contribution >= 0.6 is 11.3 Å². The second-order valence-corrected chi connectivity index (χ2v) is 4.89. The first-order valence-corrected chi connectivity index (χ1v) is 6.05. The first-order chi connectivity index (χ1) is 6.86. The molecule has 0 aromatic carbocycles. The Labute approximate surface area is 89.3 Å². The van der Waals surface area contributed by atoms with Crippen LogP contribution in [0, 0.1) is 12.8 Å². The summed E-state index contributed by atoms with van der Waals surface area (Å²) in [6.07, 6.45) is 1.22. The minimum atomic E-state index is 0.732. The monoisotopic (exact) mass is 211 g/mol. The third-order valence-corrected chi connectivity index (χ3v) is 3.73. The van der Waals surface area contributed by atoms with E-state index in [0.29, 0.717) is 0 Å². The minimum Gasteiger partial charge on any atom is -0.381 e. The van der Waals surface area contributed by atoms with E-state index in [4.69, 9.17) is 4.74 Å². The molecule has 1 aliphatic rings. The van der Waals surface area contributed by atoms with Crippen LogP contribution in [0.1, 0.15) is 16.9 Å². The molecule has 2 nitrogen and oxygen atoms in total. The van der Waals surface area contributed by atoms with E-state index in [2.05, 4.69) is 23.7 Å². The fourth-order valence-corrected chi connectivity index (χ4v) is 2.60. The highest BCUT2D eigenvalue weighted by atomic mass is 32.1. The van der Waals surface area contributed by atoms with E-state index in [1.54, 1.807) is 0 Å². The zero-order chi connectivity index (χ0) is 9.80. The molecule has 1 saturated heterocycles. The number of rotatable bonds is 4. The standard InChI is InChI=1S/C11H17NOS/c1-9-3-5-14-11(9)7-12-6-10-2-4-13-8-10/h3,5,10,12H,2,4,6-8H2,1H3. The lowest BCUT2D eigenvalue weighted by molar-refractivity contribution is 0.185. The van der Waals surface area contributed by atoms with Crippen LogP contribution in [0.3, 0.4) is 0 Å². The Hall–Kier alpha value is -0.380. The molecule has 1 unspecified atom stereocenters. The molecule has 3 heteroatoms. The molecule has 0 amide bonds. The van der Waals surface area contributed by atoms with E-state index in [9.17, 15) is 0 Å². The summed E-state index contributed by atoms with van der Waals surface area (Å²) < 4.78 is 5.33. The summed E-state index contributed by atoms with van der Waals surface area (Å²) >= 11 is 1.84. The van der Waals surface area contributed by atoms with E-state index < -0.39 is 0 Å². The minimum absolute atomic E-state index is 0.732. The van der Waals surface area contributed by atoms with Crippen LogP contribution in [0.15, 0.2) is 11.4 Å². The topological polar surface area (TPSA) is 21.3 Å². The molecule has 0 bridgehead atoms. The van der Waals surface area contributed by atoms with Gasteiger partial charge in [-0.3, -0.25) is 0 Å². The maximum absolute atomic E-state index is 5.33. The molecule has 0 aliphatic carbocycles. The Kier molecular flexibility index (Phi) is 3.56. The van der Waals surface area contributed by atoms with Crippen molar-refractivity contribution in [3.8, 4) is 0 Å². The molecule has 0 spiro atoms. The van der Waals surface area contributed by atoms with Crippen LogP contribution < -0.4 is 5.32 Å². The average molecular weight is 211 g/mol. The number of ether oxygens (including phenoxy) is 1. The van der Waals surface area contributed by atoms with Gasteiger partial charge in [-0.15, -0.1) is 11.3 Å². The van der Waals surface area contributed by atoms with Crippen molar-refractivity contribution in [2.45, 2.75) is 19.9 Å². The van der Waals surface area contributed by atoms with Crippen LogP contribution in [0.2, 0.25) is 0 Å². The van der Waals surface area contributed by atoms with Gasteiger partial charge in [0.1, 0.15) is 0 Å². The molecule has 1 fully saturated rings. The summed E-state index contributed by atoms with van der Waals surface area (Å²) in [6.45, 7) is 6.17. The Bertz CT molecular complexity index is 279. The van der Waals surface area contributed by atoms with Crippen LogP contribution in [-0.2, 0) is 11.3 Å². The van der Waals surface area contributed by atoms with E-state index in [-0.39, 0.29) is 0 Å².